The Morgan fingerprint density at radius 1 is 1.19 bits per heavy atom. The molecule has 0 bridgehead atoms. The van der Waals surface area contributed by atoms with Crippen molar-refractivity contribution in [3.05, 3.63) is 58.6 Å². The summed E-state index contributed by atoms with van der Waals surface area (Å²) in [6.45, 7) is -1.41. The van der Waals surface area contributed by atoms with Gasteiger partial charge >= 0.3 is 6.61 Å². The van der Waals surface area contributed by atoms with Crippen molar-refractivity contribution in [2.45, 2.75) is 13.5 Å². The molecule has 0 aliphatic heterocycles. The zero-order valence-corrected chi connectivity index (χ0v) is 17.4. The first kappa shape index (κ1) is 23.7. The molecule has 0 spiro atoms. The number of nitrogens with one attached hydrogen (secondary N) is 2. The van der Waals surface area contributed by atoms with Crippen LogP contribution in [-0.4, -0.2) is 32.1 Å². The van der Waals surface area contributed by atoms with Crippen molar-refractivity contribution < 1.29 is 27.8 Å². The minimum absolute atomic E-state index is 0.0113. The molecular formula is C22H19ClF2N2O4. The molecule has 2 N–H and O–H groups in total. The summed E-state index contributed by atoms with van der Waals surface area (Å²) in [4.78, 5) is 24.3. The van der Waals surface area contributed by atoms with E-state index in [4.69, 9.17) is 16.3 Å². The Labute approximate surface area is 183 Å². The van der Waals surface area contributed by atoms with E-state index in [9.17, 15) is 18.4 Å². The quantitative estimate of drug-likeness (QED) is 0.465. The first-order chi connectivity index (χ1) is 14.8. The van der Waals surface area contributed by atoms with Gasteiger partial charge in [-0.05, 0) is 48.9 Å². The van der Waals surface area contributed by atoms with E-state index >= 15 is 0 Å². The molecular weight excluding hydrogens is 430 g/mol. The van der Waals surface area contributed by atoms with E-state index in [0.717, 1.165) is 0 Å². The standard InChI is InChI=1S/C22H19ClF2N2O4/c1-3-4-11-30-19-12-14(5-9-18(19)31-22(24)25)6-10-20(28)27-17-8-7-15(23)13-16(17)21(29)26-2/h5-10,12-13,22H,11H2,1-2H3,(H,26,29)(H,27,28)/b10-6+. The molecule has 162 valence electrons. The molecule has 2 aromatic carbocycles. The van der Waals surface area contributed by atoms with Crippen LogP contribution in [0.1, 0.15) is 22.8 Å². The molecule has 0 atom stereocenters. The van der Waals surface area contributed by atoms with Crippen LogP contribution in [0.25, 0.3) is 6.08 Å². The summed E-state index contributed by atoms with van der Waals surface area (Å²) < 4.78 is 35.0. The fourth-order valence-corrected chi connectivity index (χ4v) is 2.59. The Morgan fingerprint density at radius 2 is 1.97 bits per heavy atom. The summed E-state index contributed by atoms with van der Waals surface area (Å²) in [5.74, 6) is 4.28. The van der Waals surface area contributed by atoms with Gasteiger partial charge in [0.1, 0.15) is 6.61 Å². The fourth-order valence-electron chi connectivity index (χ4n) is 2.41. The summed E-state index contributed by atoms with van der Waals surface area (Å²) in [6.07, 6.45) is 2.68. The second kappa shape index (κ2) is 11.6. The molecule has 0 aliphatic carbocycles. The number of carbonyl (C=O) groups is 2. The third kappa shape index (κ3) is 7.32. The summed E-state index contributed by atoms with van der Waals surface area (Å²) >= 11 is 5.92. The molecule has 0 aliphatic rings. The lowest BCUT2D eigenvalue weighted by Gasteiger charge is -2.11. The van der Waals surface area contributed by atoms with Gasteiger partial charge in [-0.2, -0.15) is 8.78 Å². The highest BCUT2D eigenvalue weighted by atomic mass is 35.5. The SMILES string of the molecule is CC#CCOc1cc(/C=C/C(=O)Nc2ccc(Cl)cc2C(=O)NC)ccc1OC(F)F. The molecule has 0 aromatic heterocycles. The van der Waals surface area contributed by atoms with E-state index in [1.54, 1.807) is 6.92 Å². The van der Waals surface area contributed by atoms with E-state index in [1.807, 2.05) is 0 Å². The Balaban J connectivity index is 2.19. The zero-order valence-electron chi connectivity index (χ0n) is 16.7. The molecule has 0 unspecified atom stereocenters. The van der Waals surface area contributed by atoms with Gasteiger partial charge in [0, 0.05) is 18.1 Å². The maximum absolute atomic E-state index is 12.6. The lowest BCUT2D eigenvalue weighted by molar-refractivity contribution is -0.111. The van der Waals surface area contributed by atoms with Crippen molar-refractivity contribution in [1.82, 2.24) is 5.32 Å². The van der Waals surface area contributed by atoms with Crippen LogP contribution in [0.5, 0.6) is 11.5 Å². The lowest BCUT2D eigenvalue weighted by atomic mass is 10.1. The largest absolute Gasteiger partial charge is 0.477 e. The number of anilines is 1. The van der Waals surface area contributed by atoms with Gasteiger partial charge in [0.25, 0.3) is 5.91 Å². The number of hydrogen-bond donors (Lipinski definition) is 2. The van der Waals surface area contributed by atoms with E-state index in [-0.39, 0.29) is 29.4 Å². The van der Waals surface area contributed by atoms with Crippen LogP contribution in [0.15, 0.2) is 42.5 Å². The van der Waals surface area contributed by atoms with Crippen molar-refractivity contribution in [3.8, 4) is 23.3 Å². The number of halogens is 3. The predicted molar refractivity (Wildman–Crippen MR) is 115 cm³/mol. The lowest BCUT2D eigenvalue weighted by Crippen LogP contribution is -2.20. The number of alkyl halides is 2. The van der Waals surface area contributed by atoms with Crippen LogP contribution < -0.4 is 20.1 Å². The van der Waals surface area contributed by atoms with Crippen LogP contribution in [0, 0.1) is 11.8 Å². The first-order valence-corrected chi connectivity index (χ1v) is 9.33. The average Bonchev–Trinajstić information content (AvgIpc) is 2.74. The van der Waals surface area contributed by atoms with Gasteiger partial charge in [0.2, 0.25) is 5.91 Å². The van der Waals surface area contributed by atoms with Crippen molar-refractivity contribution in [1.29, 1.82) is 0 Å². The molecule has 0 heterocycles. The predicted octanol–water partition coefficient (Wildman–Crippen LogP) is 4.36. The zero-order chi connectivity index (χ0) is 22.8. The van der Waals surface area contributed by atoms with Gasteiger partial charge in [0.15, 0.2) is 11.5 Å². The van der Waals surface area contributed by atoms with Crippen LogP contribution in [-0.2, 0) is 4.79 Å². The van der Waals surface area contributed by atoms with E-state index < -0.39 is 18.4 Å². The van der Waals surface area contributed by atoms with Gasteiger partial charge in [-0.25, -0.2) is 0 Å². The number of ether oxygens (including phenoxy) is 2. The van der Waals surface area contributed by atoms with Crippen molar-refractivity contribution >= 4 is 35.2 Å². The summed E-state index contributed by atoms with van der Waals surface area (Å²) in [5, 5.41) is 5.41. The topological polar surface area (TPSA) is 76.7 Å². The molecule has 0 saturated carbocycles. The summed E-state index contributed by atoms with van der Waals surface area (Å²) in [5.41, 5.74) is 0.984. The Morgan fingerprint density at radius 3 is 2.65 bits per heavy atom. The molecule has 2 aromatic rings. The highest BCUT2D eigenvalue weighted by Crippen LogP contribution is 2.30. The molecule has 0 fully saturated rings. The van der Waals surface area contributed by atoms with Crippen LogP contribution in [0.3, 0.4) is 0 Å². The molecule has 2 rings (SSSR count). The van der Waals surface area contributed by atoms with Crippen LogP contribution >= 0.6 is 11.6 Å². The van der Waals surface area contributed by atoms with Gasteiger partial charge in [-0.15, -0.1) is 5.92 Å². The Hall–Kier alpha value is -3.57. The highest BCUT2D eigenvalue weighted by Gasteiger charge is 2.13. The Bertz CT molecular complexity index is 1050. The number of amides is 2. The second-order valence-corrected chi connectivity index (χ2v) is 6.33. The minimum Gasteiger partial charge on any atom is -0.477 e. The molecule has 6 nitrogen and oxygen atoms in total. The molecule has 31 heavy (non-hydrogen) atoms. The normalized spacial score (nSPS) is 10.4. The van der Waals surface area contributed by atoms with E-state index in [1.165, 1.54) is 55.6 Å². The third-order valence-corrected chi connectivity index (χ3v) is 4.03. The highest BCUT2D eigenvalue weighted by molar-refractivity contribution is 6.31. The fraction of sp³-hybridized carbons (Fsp3) is 0.182. The van der Waals surface area contributed by atoms with Gasteiger partial charge in [-0.3, -0.25) is 9.59 Å². The van der Waals surface area contributed by atoms with E-state index in [0.29, 0.717) is 10.6 Å². The maximum Gasteiger partial charge on any atom is 0.387 e. The average molecular weight is 449 g/mol. The molecule has 0 saturated heterocycles. The number of carbonyl (C=O) groups excluding carboxylic acids is 2. The molecule has 0 radical (unpaired) electrons. The first-order valence-electron chi connectivity index (χ1n) is 8.96. The summed E-state index contributed by atoms with van der Waals surface area (Å²) in [7, 11) is 1.46. The monoisotopic (exact) mass is 448 g/mol. The van der Waals surface area contributed by atoms with Crippen molar-refractivity contribution in [2.24, 2.45) is 0 Å². The molecule has 9 heteroatoms. The van der Waals surface area contributed by atoms with Crippen molar-refractivity contribution in [3.63, 3.8) is 0 Å². The smallest absolute Gasteiger partial charge is 0.387 e. The Kier molecular flexibility index (Phi) is 8.85. The van der Waals surface area contributed by atoms with Gasteiger partial charge in [-0.1, -0.05) is 23.6 Å². The third-order valence-electron chi connectivity index (χ3n) is 3.80. The van der Waals surface area contributed by atoms with Gasteiger partial charge < -0.3 is 20.1 Å². The summed E-state index contributed by atoms with van der Waals surface area (Å²) in [6, 6.07) is 8.72. The maximum atomic E-state index is 12.6. The molecule has 2 amide bonds. The minimum atomic E-state index is -3.01. The van der Waals surface area contributed by atoms with Gasteiger partial charge in [0.05, 0.1) is 11.3 Å². The number of rotatable bonds is 8. The number of hydrogen-bond acceptors (Lipinski definition) is 4. The van der Waals surface area contributed by atoms with Crippen molar-refractivity contribution in [2.75, 3.05) is 19.0 Å². The van der Waals surface area contributed by atoms with Crippen LogP contribution in [0.4, 0.5) is 14.5 Å². The van der Waals surface area contributed by atoms with E-state index in [2.05, 4.69) is 27.2 Å². The number of benzene rings is 2. The van der Waals surface area contributed by atoms with Crippen LogP contribution in [0.2, 0.25) is 5.02 Å². The second-order valence-electron chi connectivity index (χ2n) is 5.89.